The predicted molar refractivity (Wildman–Crippen MR) is 42.2 cm³/mol. The van der Waals surface area contributed by atoms with E-state index in [2.05, 4.69) is 13.8 Å². The van der Waals surface area contributed by atoms with Gasteiger partial charge in [0, 0.05) is 0 Å². The Morgan fingerprint density at radius 2 is 2.11 bits per heavy atom. The van der Waals surface area contributed by atoms with Crippen molar-refractivity contribution in [1.29, 1.82) is 0 Å². The molecule has 0 amide bonds. The van der Waals surface area contributed by atoms with E-state index in [1.165, 1.54) is 19.3 Å². The summed E-state index contributed by atoms with van der Waals surface area (Å²) < 4.78 is 0. The highest BCUT2D eigenvalue weighted by molar-refractivity contribution is 4.64. The molecule has 0 fully saturated rings. The highest BCUT2D eigenvalue weighted by Gasteiger charge is 1.96. The van der Waals surface area contributed by atoms with Crippen LogP contribution in [-0.4, -0.2) is 0 Å². The molecule has 0 aromatic carbocycles. The van der Waals surface area contributed by atoms with Gasteiger partial charge in [0.15, 0.2) is 0 Å². The first kappa shape index (κ1) is 8.74. The molecule has 0 saturated heterocycles. The number of allylic oxidation sites excluding steroid dienone is 1. The van der Waals surface area contributed by atoms with Crippen LogP contribution in [0.5, 0.6) is 0 Å². The second-order valence-corrected chi connectivity index (χ2v) is 2.71. The average Bonchev–Trinajstić information content (AvgIpc) is 1.85. The third-order valence-corrected chi connectivity index (χ3v) is 1.61. The minimum Gasteiger partial charge on any atom is -0.0845 e. The van der Waals surface area contributed by atoms with Crippen LogP contribution in [0.1, 0.15) is 39.5 Å². The Hall–Kier alpha value is -0.260. The molecular weight excluding hydrogens is 108 g/mol. The van der Waals surface area contributed by atoms with Gasteiger partial charge in [-0.1, -0.05) is 39.3 Å². The SMILES string of the molecule is [CH]=CCCC(C)CCC. The van der Waals surface area contributed by atoms with E-state index < -0.39 is 0 Å². The molecule has 0 aromatic heterocycles. The van der Waals surface area contributed by atoms with Crippen molar-refractivity contribution < 1.29 is 0 Å². The van der Waals surface area contributed by atoms with Gasteiger partial charge in [-0.15, -0.1) is 0 Å². The highest BCUT2D eigenvalue weighted by Crippen LogP contribution is 2.11. The number of hydrogen-bond donors (Lipinski definition) is 0. The molecule has 1 atom stereocenters. The maximum atomic E-state index is 5.25. The molecule has 0 nitrogen and oxygen atoms in total. The predicted octanol–water partition coefficient (Wildman–Crippen LogP) is 3.19. The third-order valence-electron chi connectivity index (χ3n) is 1.61. The maximum absolute atomic E-state index is 5.25. The first-order valence-corrected chi connectivity index (χ1v) is 3.84. The zero-order valence-electron chi connectivity index (χ0n) is 6.56. The van der Waals surface area contributed by atoms with Crippen LogP contribution in [0.2, 0.25) is 0 Å². The summed E-state index contributed by atoms with van der Waals surface area (Å²) in [6.45, 7) is 9.76. The molecule has 0 bridgehead atoms. The summed E-state index contributed by atoms with van der Waals surface area (Å²) in [5, 5.41) is 0. The van der Waals surface area contributed by atoms with Crippen LogP contribution in [0.15, 0.2) is 6.08 Å². The zero-order valence-corrected chi connectivity index (χ0v) is 6.56. The molecular formula is C9H17. The van der Waals surface area contributed by atoms with Gasteiger partial charge in [-0.25, -0.2) is 0 Å². The summed E-state index contributed by atoms with van der Waals surface area (Å²) in [5.41, 5.74) is 0. The molecule has 0 saturated carbocycles. The van der Waals surface area contributed by atoms with Gasteiger partial charge in [0.2, 0.25) is 0 Å². The largest absolute Gasteiger partial charge is 0.0845 e. The van der Waals surface area contributed by atoms with Gasteiger partial charge in [-0.05, 0) is 18.8 Å². The molecule has 0 aliphatic heterocycles. The van der Waals surface area contributed by atoms with Gasteiger partial charge in [0.1, 0.15) is 0 Å². The second-order valence-electron chi connectivity index (χ2n) is 2.71. The Kier molecular flexibility index (Phi) is 5.70. The first-order chi connectivity index (χ1) is 4.31. The third kappa shape index (κ3) is 5.61. The van der Waals surface area contributed by atoms with Crippen LogP contribution < -0.4 is 0 Å². The van der Waals surface area contributed by atoms with Crippen LogP contribution in [0, 0.1) is 12.5 Å². The van der Waals surface area contributed by atoms with E-state index in [0.717, 1.165) is 12.3 Å². The molecule has 1 radical (unpaired) electrons. The molecule has 1 unspecified atom stereocenters. The number of hydrogen-bond acceptors (Lipinski definition) is 0. The molecule has 0 rings (SSSR count). The van der Waals surface area contributed by atoms with Crippen LogP contribution in [-0.2, 0) is 0 Å². The van der Waals surface area contributed by atoms with E-state index >= 15 is 0 Å². The Morgan fingerprint density at radius 3 is 2.56 bits per heavy atom. The lowest BCUT2D eigenvalue weighted by Gasteiger charge is -2.05. The molecule has 9 heavy (non-hydrogen) atoms. The molecule has 0 heteroatoms. The lowest BCUT2D eigenvalue weighted by atomic mass is 10.0. The Morgan fingerprint density at radius 1 is 1.44 bits per heavy atom. The fourth-order valence-corrected chi connectivity index (χ4v) is 1.02. The second kappa shape index (κ2) is 5.87. The maximum Gasteiger partial charge on any atom is -0.0345 e. The normalized spacial score (nSPS) is 13.1. The van der Waals surface area contributed by atoms with Crippen LogP contribution in [0.3, 0.4) is 0 Å². The van der Waals surface area contributed by atoms with Crippen molar-refractivity contribution >= 4 is 0 Å². The van der Waals surface area contributed by atoms with Crippen molar-refractivity contribution in [2.75, 3.05) is 0 Å². The van der Waals surface area contributed by atoms with Crippen molar-refractivity contribution in [3.63, 3.8) is 0 Å². The lowest BCUT2D eigenvalue weighted by molar-refractivity contribution is 0.491. The molecule has 53 valence electrons. The minimum atomic E-state index is 0.856. The average molecular weight is 125 g/mol. The van der Waals surface area contributed by atoms with Gasteiger partial charge in [-0.2, -0.15) is 0 Å². The minimum absolute atomic E-state index is 0.856. The van der Waals surface area contributed by atoms with E-state index in [-0.39, 0.29) is 0 Å². The van der Waals surface area contributed by atoms with Crippen molar-refractivity contribution in [2.24, 2.45) is 5.92 Å². The van der Waals surface area contributed by atoms with Gasteiger partial charge in [0.25, 0.3) is 0 Å². The van der Waals surface area contributed by atoms with Crippen LogP contribution >= 0.6 is 0 Å². The first-order valence-electron chi connectivity index (χ1n) is 3.84. The van der Waals surface area contributed by atoms with Crippen LogP contribution in [0.4, 0.5) is 0 Å². The lowest BCUT2D eigenvalue weighted by Crippen LogP contribution is -1.91. The fraction of sp³-hybridized carbons (Fsp3) is 0.778. The monoisotopic (exact) mass is 125 g/mol. The standard InChI is InChI=1S/C9H17/c1-4-6-8-9(3)7-5-2/h1,4,9H,5-8H2,2-3H3. The Labute approximate surface area is 59.0 Å². The topological polar surface area (TPSA) is 0 Å². The van der Waals surface area contributed by atoms with E-state index in [4.69, 9.17) is 6.58 Å². The van der Waals surface area contributed by atoms with Crippen molar-refractivity contribution in [3.05, 3.63) is 12.7 Å². The van der Waals surface area contributed by atoms with Crippen molar-refractivity contribution in [3.8, 4) is 0 Å². The van der Waals surface area contributed by atoms with Gasteiger partial charge in [0.05, 0.1) is 0 Å². The van der Waals surface area contributed by atoms with Crippen molar-refractivity contribution in [1.82, 2.24) is 0 Å². The van der Waals surface area contributed by atoms with E-state index in [1.807, 2.05) is 0 Å². The van der Waals surface area contributed by atoms with Crippen LogP contribution in [0.25, 0.3) is 0 Å². The summed E-state index contributed by atoms with van der Waals surface area (Å²) >= 11 is 0. The zero-order chi connectivity index (χ0) is 7.11. The Bertz CT molecular complexity index is 64.4. The van der Waals surface area contributed by atoms with Gasteiger partial charge >= 0.3 is 0 Å². The van der Waals surface area contributed by atoms with Crippen molar-refractivity contribution in [2.45, 2.75) is 39.5 Å². The van der Waals surface area contributed by atoms with E-state index in [0.29, 0.717) is 0 Å². The summed E-state index contributed by atoms with van der Waals surface area (Å²) in [4.78, 5) is 0. The fourth-order valence-electron chi connectivity index (χ4n) is 1.02. The summed E-state index contributed by atoms with van der Waals surface area (Å²) in [6, 6.07) is 0. The highest BCUT2D eigenvalue weighted by atomic mass is 14.0. The summed E-state index contributed by atoms with van der Waals surface area (Å²) in [5.74, 6) is 0.856. The van der Waals surface area contributed by atoms with E-state index in [9.17, 15) is 0 Å². The molecule has 0 spiro atoms. The Balaban J connectivity index is 3.04. The smallest absolute Gasteiger partial charge is 0.0345 e. The summed E-state index contributed by atoms with van der Waals surface area (Å²) in [6.07, 6.45) is 6.72. The molecule has 0 aliphatic carbocycles. The quantitative estimate of drug-likeness (QED) is 0.529. The number of rotatable bonds is 5. The molecule has 0 aliphatic rings. The molecule has 0 aromatic rings. The van der Waals surface area contributed by atoms with Gasteiger partial charge in [-0.3, -0.25) is 0 Å². The van der Waals surface area contributed by atoms with E-state index in [1.54, 1.807) is 6.08 Å². The molecule has 0 N–H and O–H groups in total. The van der Waals surface area contributed by atoms with Gasteiger partial charge < -0.3 is 0 Å². The molecule has 0 heterocycles. The summed E-state index contributed by atoms with van der Waals surface area (Å²) in [7, 11) is 0.